The second-order valence-electron chi connectivity index (χ2n) is 22.5. The Bertz CT molecular complexity index is 1180. The fourth-order valence-corrected chi connectivity index (χ4v) is 10.1. The Morgan fingerprint density at radius 1 is 0.384 bits per heavy atom. The SMILES string of the molecule is CCC/C=C\C/C=C\CCCCCCCC(=O)OCCCCCCCCCCCCCCCCCCCCCCCCCCCCCCCC(=O)NC(CO)C(O)/C=C/CCCCCCCCCCCCCC. The number of carbonyl (C=O) groups is 2. The molecule has 0 rings (SSSR count). The number of esters is 1. The van der Waals surface area contributed by atoms with Crippen molar-refractivity contribution in [3.63, 3.8) is 0 Å². The summed E-state index contributed by atoms with van der Waals surface area (Å²) >= 11 is 0. The summed E-state index contributed by atoms with van der Waals surface area (Å²) in [6, 6.07) is -0.625. The molecule has 0 aromatic heterocycles. The predicted octanol–water partition coefficient (Wildman–Crippen LogP) is 20.8. The lowest BCUT2D eigenvalue weighted by molar-refractivity contribution is -0.143. The minimum absolute atomic E-state index is 0.00374. The van der Waals surface area contributed by atoms with Crippen LogP contribution in [0.2, 0.25) is 0 Å². The van der Waals surface area contributed by atoms with Crippen LogP contribution >= 0.6 is 0 Å². The fraction of sp³-hybridized carbons (Fsp3) is 0.881. The number of hydrogen-bond donors (Lipinski definition) is 3. The molecule has 0 fully saturated rings. The highest BCUT2D eigenvalue weighted by molar-refractivity contribution is 5.76. The van der Waals surface area contributed by atoms with E-state index >= 15 is 0 Å². The van der Waals surface area contributed by atoms with Crippen molar-refractivity contribution in [2.24, 2.45) is 0 Å². The van der Waals surface area contributed by atoms with Crippen LogP contribution < -0.4 is 5.32 Å². The first-order valence-electron chi connectivity index (χ1n) is 32.8. The zero-order valence-corrected chi connectivity index (χ0v) is 49.1. The van der Waals surface area contributed by atoms with Crippen LogP contribution in [-0.2, 0) is 14.3 Å². The van der Waals surface area contributed by atoms with E-state index in [9.17, 15) is 19.8 Å². The molecule has 0 bridgehead atoms. The van der Waals surface area contributed by atoms with Crippen molar-refractivity contribution in [2.75, 3.05) is 13.2 Å². The Labute approximate surface area is 455 Å². The summed E-state index contributed by atoms with van der Waals surface area (Å²) in [5.41, 5.74) is 0. The lowest BCUT2D eigenvalue weighted by Gasteiger charge is -2.20. The first-order chi connectivity index (χ1) is 36.0. The summed E-state index contributed by atoms with van der Waals surface area (Å²) in [7, 11) is 0. The van der Waals surface area contributed by atoms with Crippen molar-refractivity contribution in [1.82, 2.24) is 5.32 Å². The molecule has 0 aliphatic carbocycles. The zero-order chi connectivity index (χ0) is 52.9. The molecule has 0 aliphatic heterocycles. The van der Waals surface area contributed by atoms with Crippen LogP contribution in [-0.4, -0.2) is 47.4 Å². The molecule has 0 radical (unpaired) electrons. The molecule has 0 spiro atoms. The van der Waals surface area contributed by atoms with Crippen LogP contribution in [0.1, 0.15) is 354 Å². The molecule has 3 N–H and O–H groups in total. The third-order valence-corrected chi connectivity index (χ3v) is 15.1. The first-order valence-corrected chi connectivity index (χ1v) is 32.8. The predicted molar refractivity (Wildman–Crippen MR) is 319 cm³/mol. The molecule has 430 valence electrons. The molecular weight excluding hydrogens is 899 g/mol. The summed E-state index contributed by atoms with van der Waals surface area (Å²) in [6.45, 7) is 4.85. The minimum atomic E-state index is -0.841. The van der Waals surface area contributed by atoms with Gasteiger partial charge in [0.2, 0.25) is 5.91 Å². The van der Waals surface area contributed by atoms with Crippen molar-refractivity contribution in [3.05, 3.63) is 36.5 Å². The molecule has 0 heterocycles. The van der Waals surface area contributed by atoms with E-state index in [1.54, 1.807) is 6.08 Å². The summed E-state index contributed by atoms with van der Waals surface area (Å²) in [4.78, 5) is 24.5. The molecule has 2 unspecified atom stereocenters. The van der Waals surface area contributed by atoms with Gasteiger partial charge in [-0.1, -0.05) is 320 Å². The van der Waals surface area contributed by atoms with Gasteiger partial charge in [0.15, 0.2) is 0 Å². The van der Waals surface area contributed by atoms with E-state index in [0.717, 1.165) is 51.4 Å². The van der Waals surface area contributed by atoms with Crippen LogP contribution in [0, 0.1) is 0 Å². The molecule has 0 saturated heterocycles. The van der Waals surface area contributed by atoms with E-state index in [1.807, 2.05) is 6.08 Å². The summed E-state index contributed by atoms with van der Waals surface area (Å²) < 4.78 is 5.47. The molecule has 73 heavy (non-hydrogen) atoms. The number of ether oxygens (including phenoxy) is 1. The third kappa shape index (κ3) is 59.2. The minimum Gasteiger partial charge on any atom is -0.466 e. The highest BCUT2D eigenvalue weighted by atomic mass is 16.5. The van der Waals surface area contributed by atoms with Gasteiger partial charge in [-0.15, -0.1) is 0 Å². The van der Waals surface area contributed by atoms with E-state index in [0.29, 0.717) is 19.4 Å². The van der Waals surface area contributed by atoms with Gasteiger partial charge in [0.1, 0.15) is 0 Å². The number of aliphatic hydroxyl groups excluding tert-OH is 2. The maximum absolute atomic E-state index is 12.5. The van der Waals surface area contributed by atoms with E-state index in [1.165, 1.54) is 276 Å². The standard InChI is InChI=1S/C67H127NO5/c1-3-5-7-9-11-13-15-17-36-39-43-47-51-55-59-65(70)64(63-69)68-66(71)60-56-52-48-44-40-37-33-31-29-27-25-23-21-19-18-20-22-24-26-28-30-32-34-38-42-46-50-54-58-62-73-67(72)61-57-53-49-45-41-35-16-14-12-10-8-6-4-2/h8,10,14,16,55,59,64-65,69-70H,3-7,9,11-13,15,17-54,56-58,60-63H2,1-2H3,(H,68,71)/b10-8-,16-14-,59-55+. The topological polar surface area (TPSA) is 95.9 Å². The van der Waals surface area contributed by atoms with Gasteiger partial charge in [0.05, 0.1) is 25.4 Å². The summed E-state index contributed by atoms with van der Waals surface area (Å²) in [5.74, 6) is -0.0595. The van der Waals surface area contributed by atoms with Crippen LogP contribution in [0.4, 0.5) is 0 Å². The highest BCUT2D eigenvalue weighted by Gasteiger charge is 2.18. The average Bonchev–Trinajstić information content (AvgIpc) is 3.39. The van der Waals surface area contributed by atoms with Gasteiger partial charge in [-0.2, -0.15) is 0 Å². The quantitative estimate of drug-likeness (QED) is 0.0320. The molecule has 0 aromatic rings. The number of allylic oxidation sites excluding steroid dienone is 5. The number of nitrogens with one attached hydrogen (secondary N) is 1. The van der Waals surface area contributed by atoms with Crippen LogP contribution in [0.3, 0.4) is 0 Å². The van der Waals surface area contributed by atoms with E-state index in [-0.39, 0.29) is 18.5 Å². The monoisotopic (exact) mass is 1030 g/mol. The number of rotatable bonds is 61. The van der Waals surface area contributed by atoms with Crippen LogP contribution in [0.5, 0.6) is 0 Å². The second-order valence-corrected chi connectivity index (χ2v) is 22.5. The highest BCUT2D eigenvalue weighted by Crippen LogP contribution is 2.18. The van der Waals surface area contributed by atoms with Crippen molar-refractivity contribution in [2.45, 2.75) is 366 Å². The fourth-order valence-electron chi connectivity index (χ4n) is 10.1. The Kier molecular flexibility index (Phi) is 61.0. The van der Waals surface area contributed by atoms with Gasteiger partial charge in [0, 0.05) is 12.8 Å². The Morgan fingerprint density at radius 3 is 1.10 bits per heavy atom. The number of hydrogen-bond acceptors (Lipinski definition) is 5. The van der Waals surface area contributed by atoms with Crippen molar-refractivity contribution in [1.29, 1.82) is 0 Å². The zero-order valence-electron chi connectivity index (χ0n) is 49.1. The van der Waals surface area contributed by atoms with Gasteiger partial charge >= 0.3 is 5.97 Å². The summed E-state index contributed by atoms with van der Waals surface area (Å²) in [5, 5.41) is 23.1. The molecule has 0 aliphatic rings. The van der Waals surface area contributed by atoms with Crippen molar-refractivity contribution < 1.29 is 24.5 Å². The molecule has 2 atom stereocenters. The number of amides is 1. The number of unbranched alkanes of at least 4 members (excludes halogenated alkanes) is 46. The van der Waals surface area contributed by atoms with E-state index in [2.05, 4.69) is 43.5 Å². The maximum atomic E-state index is 12.5. The summed E-state index contributed by atoms with van der Waals surface area (Å²) in [6.07, 6.45) is 79.2. The normalized spacial score (nSPS) is 12.8. The van der Waals surface area contributed by atoms with Gasteiger partial charge in [-0.05, 0) is 57.8 Å². The van der Waals surface area contributed by atoms with E-state index < -0.39 is 12.1 Å². The van der Waals surface area contributed by atoms with Gasteiger partial charge in [0.25, 0.3) is 0 Å². The van der Waals surface area contributed by atoms with Crippen LogP contribution in [0.25, 0.3) is 0 Å². The second kappa shape index (κ2) is 62.6. The van der Waals surface area contributed by atoms with Gasteiger partial charge < -0.3 is 20.3 Å². The Morgan fingerprint density at radius 2 is 0.712 bits per heavy atom. The lowest BCUT2D eigenvalue weighted by Crippen LogP contribution is -2.45. The molecule has 6 nitrogen and oxygen atoms in total. The first kappa shape index (κ1) is 71.1. The maximum Gasteiger partial charge on any atom is 0.305 e. The largest absolute Gasteiger partial charge is 0.466 e. The van der Waals surface area contributed by atoms with Crippen LogP contribution in [0.15, 0.2) is 36.5 Å². The number of aliphatic hydroxyl groups is 2. The smallest absolute Gasteiger partial charge is 0.305 e. The average molecular weight is 1030 g/mol. The molecular formula is C67H127NO5. The molecule has 6 heteroatoms. The van der Waals surface area contributed by atoms with E-state index in [4.69, 9.17) is 4.74 Å². The Hall–Kier alpha value is -1.92. The number of carbonyl (C=O) groups excluding carboxylic acids is 2. The van der Waals surface area contributed by atoms with Crippen molar-refractivity contribution >= 4 is 11.9 Å². The molecule has 0 aromatic carbocycles. The molecule has 0 saturated carbocycles. The van der Waals surface area contributed by atoms with Gasteiger partial charge in [-0.3, -0.25) is 9.59 Å². The lowest BCUT2D eigenvalue weighted by atomic mass is 10.0. The molecule has 1 amide bonds. The van der Waals surface area contributed by atoms with Gasteiger partial charge in [-0.25, -0.2) is 0 Å². The third-order valence-electron chi connectivity index (χ3n) is 15.1. The van der Waals surface area contributed by atoms with Crippen molar-refractivity contribution in [3.8, 4) is 0 Å². The Balaban J connectivity index is 3.35.